The molecule has 1 saturated carbocycles. The number of ether oxygens (including phenoxy) is 2. The smallest absolute Gasteiger partial charge is 0.163 e. The van der Waals surface area contributed by atoms with Gasteiger partial charge in [0.05, 0.1) is 14.2 Å². The van der Waals surface area contributed by atoms with Gasteiger partial charge in [0.25, 0.3) is 0 Å². The van der Waals surface area contributed by atoms with Crippen molar-refractivity contribution in [1.82, 2.24) is 5.32 Å². The van der Waals surface area contributed by atoms with Gasteiger partial charge in [-0.3, -0.25) is 0 Å². The van der Waals surface area contributed by atoms with Gasteiger partial charge < -0.3 is 14.8 Å². The van der Waals surface area contributed by atoms with Gasteiger partial charge >= 0.3 is 0 Å². The molecule has 1 aromatic carbocycles. The third kappa shape index (κ3) is 3.63. The summed E-state index contributed by atoms with van der Waals surface area (Å²) in [5.74, 6) is 1.53. The monoisotopic (exact) mass is 281 g/mol. The van der Waals surface area contributed by atoms with Crippen molar-refractivity contribution < 1.29 is 13.9 Å². The van der Waals surface area contributed by atoms with Gasteiger partial charge in [0.15, 0.2) is 11.5 Å². The Labute approximate surface area is 120 Å². The molecular formula is C16H24FNO2. The molecule has 0 heterocycles. The molecular weight excluding hydrogens is 257 g/mol. The fraction of sp³-hybridized carbons (Fsp3) is 0.625. The van der Waals surface area contributed by atoms with Crippen LogP contribution in [0.4, 0.5) is 4.39 Å². The predicted molar refractivity (Wildman–Crippen MR) is 77.9 cm³/mol. The van der Waals surface area contributed by atoms with Gasteiger partial charge in [-0.05, 0) is 31.4 Å². The summed E-state index contributed by atoms with van der Waals surface area (Å²) < 4.78 is 24.8. The summed E-state index contributed by atoms with van der Waals surface area (Å²) in [4.78, 5) is 0. The number of hydrogen-bond acceptors (Lipinski definition) is 3. The molecule has 112 valence electrons. The molecule has 4 heteroatoms. The Morgan fingerprint density at radius 1 is 1.25 bits per heavy atom. The van der Waals surface area contributed by atoms with Gasteiger partial charge in [0.1, 0.15) is 5.82 Å². The quantitative estimate of drug-likeness (QED) is 0.788. The number of benzene rings is 1. The lowest BCUT2D eigenvalue weighted by atomic mass is 9.99. The number of nitrogens with one attached hydrogen (secondary N) is 1. The lowest BCUT2D eigenvalue weighted by molar-refractivity contribution is 0.349. The molecule has 1 atom stereocenters. The maximum atomic E-state index is 14.3. The molecule has 0 spiro atoms. The van der Waals surface area contributed by atoms with Gasteiger partial charge in [-0.15, -0.1) is 0 Å². The third-order valence-corrected chi connectivity index (χ3v) is 3.78. The van der Waals surface area contributed by atoms with E-state index in [0.717, 1.165) is 25.3 Å². The summed E-state index contributed by atoms with van der Waals surface area (Å²) in [6.07, 6.45) is 4.56. The fourth-order valence-corrected chi connectivity index (χ4v) is 2.46. The van der Waals surface area contributed by atoms with Gasteiger partial charge in [-0.1, -0.05) is 19.8 Å². The molecule has 0 aromatic heterocycles. The van der Waals surface area contributed by atoms with Crippen LogP contribution in [-0.2, 0) is 0 Å². The molecule has 0 amide bonds. The topological polar surface area (TPSA) is 30.5 Å². The van der Waals surface area contributed by atoms with Crippen LogP contribution in [0.3, 0.4) is 0 Å². The first-order chi connectivity index (χ1) is 9.69. The second-order valence-corrected chi connectivity index (χ2v) is 5.41. The number of halogens is 1. The van der Waals surface area contributed by atoms with Crippen molar-refractivity contribution in [3.05, 3.63) is 23.5 Å². The van der Waals surface area contributed by atoms with E-state index in [2.05, 4.69) is 12.2 Å². The molecule has 0 bridgehead atoms. The Bertz CT molecular complexity index is 446. The molecule has 1 aromatic rings. The molecule has 0 saturated heterocycles. The van der Waals surface area contributed by atoms with Crippen LogP contribution < -0.4 is 14.8 Å². The van der Waals surface area contributed by atoms with Crippen molar-refractivity contribution in [2.24, 2.45) is 5.92 Å². The minimum atomic E-state index is -0.225. The SMILES string of the molecule is CCCNC(CC1CC1)c1cc(OC)c(OC)cc1F. The van der Waals surface area contributed by atoms with Crippen LogP contribution in [0.1, 0.15) is 44.2 Å². The highest BCUT2D eigenvalue weighted by Crippen LogP contribution is 2.40. The van der Waals surface area contributed by atoms with Crippen LogP contribution in [0.5, 0.6) is 11.5 Å². The van der Waals surface area contributed by atoms with Crippen LogP contribution in [-0.4, -0.2) is 20.8 Å². The molecule has 20 heavy (non-hydrogen) atoms. The van der Waals surface area contributed by atoms with E-state index in [1.54, 1.807) is 13.2 Å². The number of methoxy groups -OCH3 is 2. The van der Waals surface area contributed by atoms with E-state index in [1.165, 1.54) is 26.0 Å². The van der Waals surface area contributed by atoms with Gasteiger partial charge in [-0.25, -0.2) is 4.39 Å². The molecule has 1 aliphatic carbocycles. The molecule has 3 nitrogen and oxygen atoms in total. The van der Waals surface area contributed by atoms with E-state index >= 15 is 0 Å². The van der Waals surface area contributed by atoms with Gasteiger partial charge in [-0.2, -0.15) is 0 Å². The van der Waals surface area contributed by atoms with Crippen molar-refractivity contribution >= 4 is 0 Å². The zero-order valence-electron chi connectivity index (χ0n) is 12.5. The lowest BCUT2D eigenvalue weighted by Crippen LogP contribution is -2.23. The average molecular weight is 281 g/mol. The number of hydrogen-bond donors (Lipinski definition) is 1. The molecule has 1 unspecified atom stereocenters. The highest BCUT2D eigenvalue weighted by molar-refractivity contribution is 5.44. The minimum Gasteiger partial charge on any atom is -0.493 e. The first-order valence-electron chi connectivity index (χ1n) is 7.34. The Balaban J connectivity index is 2.25. The Hall–Kier alpha value is -1.29. The maximum absolute atomic E-state index is 14.3. The van der Waals surface area contributed by atoms with Crippen LogP contribution in [0, 0.1) is 11.7 Å². The van der Waals surface area contributed by atoms with Crippen molar-refractivity contribution in [3.8, 4) is 11.5 Å². The summed E-state index contributed by atoms with van der Waals surface area (Å²) in [6, 6.07) is 3.24. The highest BCUT2D eigenvalue weighted by Gasteiger charge is 2.28. The van der Waals surface area contributed by atoms with Crippen molar-refractivity contribution in [2.75, 3.05) is 20.8 Å². The zero-order chi connectivity index (χ0) is 14.5. The second-order valence-electron chi connectivity index (χ2n) is 5.41. The normalized spacial score (nSPS) is 16.0. The summed E-state index contributed by atoms with van der Waals surface area (Å²) in [7, 11) is 3.10. The third-order valence-electron chi connectivity index (χ3n) is 3.78. The summed E-state index contributed by atoms with van der Waals surface area (Å²) in [5.41, 5.74) is 0.683. The molecule has 0 radical (unpaired) electrons. The van der Waals surface area contributed by atoms with E-state index in [4.69, 9.17) is 9.47 Å². The number of rotatable bonds is 8. The first-order valence-corrected chi connectivity index (χ1v) is 7.34. The van der Waals surface area contributed by atoms with Crippen molar-refractivity contribution in [3.63, 3.8) is 0 Å². The Morgan fingerprint density at radius 2 is 1.90 bits per heavy atom. The van der Waals surface area contributed by atoms with E-state index in [-0.39, 0.29) is 11.9 Å². The van der Waals surface area contributed by atoms with E-state index in [9.17, 15) is 4.39 Å². The highest BCUT2D eigenvalue weighted by atomic mass is 19.1. The van der Waals surface area contributed by atoms with E-state index in [0.29, 0.717) is 17.1 Å². The lowest BCUT2D eigenvalue weighted by Gasteiger charge is -2.21. The molecule has 1 aliphatic rings. The standard InChI is InChI=1S/C16H24FNO2/c1-4-7-18-14(8-11-5-6-11)12-9-15(19-2)16(20-3)10-13(12)17/h9-11,14,18H,4-8H2,1-3H3. The summed E-state index contributed by atoms with van der Waals surface area (Å²) in [6.45, 7) is 3.01. The van der Waals surface area contributed by atoms with Crippen LogP contribution in [0.2, 0.25) is 0 Å². The van der Waals surface area contributed by atoms with Gasteiger partial charge in [0, 0.05) is 17.7 Å². The summed E-state index contributed by atoms with van der Waals surface area (Å²) >= 11 is 0. The molecule has 1 fully saturated rings. The molecule has 2 rings (SSSR count). The fourth-order valence-electron chi connectivity index (χ4n) is 2.46. The van der Waals surface area contributed by atoms with E-state index in [1.807, 2.05) is 0 Å². The van der Waals surface area contributed by atoms with Crippen LogP contribution in [0.15, 0.2) is 12.1 Å². The average Bonchev–Trinajstić information content (AvgIpc) is 3.27. The molecule has 1 N–H and O–H groups in total. The summed E-state index contributed by atoms with van der Waals surface area (Å²) in [5, 5.41) is 3.45. The Morgan fingerprint density at radius 3 is 2.45 bits per heavy atom. The minimum absolute atomic E-state index is 0.0576. The van der Waals surface area contributed by atoms with Crippen molar-refractivity contribution in [1.29, 1.82) is 0 Å². The largest absolute Gasteiger partial charge is 0.493 e. The van der Waals surface area contributed by atoms with Crippen LogP contribution >= 0.6 is 0 Å². The maximum Gasteiger partial charge on any atom is 0.163 e. The molecule has 0 aliphatic heterocycles. The van der Waals surface area contributed by atoms with E-state index < -0.39 is 0 Å². The van der Waals surface area contributed by atoms with Gasteiger partial charge in [0.2, 0.25) is 0 Å². The predicted octanol–water partition coefficient (Wildman–Crippen LogP) is 3.68. The second kappa shape index (κ2) is 6.93. The van der Waals surface area contributed by atoms with Crippen LogP contribution in [0.25, 0.3) is 0 Å². The first kappa shape index (κ1) is 15.1. The zero-order valence-corrected chi connectivity index (χ0v) is 12.5. The van der Waals surface area contributed by atoms with Crippen molar-refractivity contribution in [2.45, 2.75) is 38.6 Å². The Kier molecular flexibility index (Phi) is 5.24.